The third kappa shape index (κ3) is 4.68. The van der Waals surface area contributed by atoms with Crippen LogP contribution in [0.1, 0.15) is 34.5 Å². The largest absolute Gasteiger partial charge is 0.416 e. The highest BCUT2D eigenvalue weighted by Gasteiger charge is 2.31. The molecule has 0 unspecified atom stereocenters. The molecule has 2 heterocycles. The minimum Gasteiger partial charge on any atom is -0.388 e. The van der Waals surface area contributed by atoms with Gasteiger partial charge in [-0.1, -0.05) is 0 Å². The average Bonchev–Trinajstić information content (AvgIpc) is 2.73. The lowest BCUT2D eigenvalue weighted by molar-refractivity contribution is -0.137. The van der Waals surface area contributed by atoms with Crippen molar-refractivity contribution in [2.45, 2.75) is 19.1 Å². The summed E-state index contributed by atoms with van der Waals surface area (Å²) in [5.74, 6) is -0.524. The lowest BCUT2D eigenvalue weighted by Crippen LogP contribution is -2.28. The van der Waals surface area contributed by atoms with Crippen LogP contribution in [0.5, 0.6) is 0 Å². The highest BCUT2D eigenvalue weighted by molar-refractivity contribution is 5.94. The molecule has 0 aliphatic heterocycles. The van der Waals surface area contributed by atoms with Crippen LogP contribution in [0.2, 0.25) is 0 Å². The number of nitrogens with one attached hydrogen (secondary N) is 2. The number of aromatic nitrogens is 2. The molecule has 0 fully saturated rings. The van der Waals surface area contributed by atoms with E-state index < -0.39 is 23.7 Å². The molecule has 3 rings (SSSR count). The molecule has 156 valence electrons. The van der Waals surface area contributed by atoms with Gasteiger partial charge in [0.2, 0.25) is 0 Å². The summed E-state index contributed by atoms with van der Waals surface area (Å²) in [7, 11) is 1.52. The van der Waals surface area contributed by atoms with Crippen molar-refractivity contribution < 1.29 is 18.0 Å². The molecule has 0 saturated carbocycles. The maximum absolute atomic E-state index is 13.2. The summed E-state index contributed by atoms with van der Waals surface area (Å²) in [5.41, 5.74) is 0.0988. The molecule has 3 aromatic rings. The van der Waals surface area contributed by atoms with E-state index >= 15 is 0 Å². The zero-order chi connectivity index (χ0) is 21.9. The van der Waals surface area contributed by atoms with Crippen molar-refractivity contribution in [2.24, 2.45) is 0 Å². The molecule has 0 bridgehead atoms. The van der Waals surface area contributed by atoms with Crippen molar-refractivity contribution in [1.82, 2.24) is 14.9 Å². The van der Waals surface area contributed by atoms with Crippen LogP contribution in [-0.4, -0.2) is 22.5 Å². The van der Waals surface area contributed by atoms with Gasteiger partial charge in [0, 0.05) is 31.2 Å². The number of amides is 1. The SMILES string of the molecule is CNc1cc([C@@H](C)NC(=O)c2ccc(=O)n(-c3cccnc3)c2)cc(C(F)(F)F)c1. The minimum atomic E-state index is -4.51. The lowest BCUT2D eigenvalue weighted by Gasteiger charge is -2.18. The Kier molecular flexibility index (Phi) is 5.91. The van der Waals surface area contributed by atoms with Crippen LogP contribution in [0.25, 0.3) is 5.69 Å². The first-order valence-corrected chi connectivity index (χ1v) is 9.03. The van der Waals surface area contributed by atoms with E-state index in [2.05, 4.69) is 15.6 Å². The highest BCUT2D eigenvalue weighted by atomic mass is 19.4. The van der Waals surface area contributed by atoms with Gasteiger partial charge in [0.1, 0.15) is 0 Å². The predicted octanol–water partition coefficient (Wildman–Crippen LogP) is 3.78. The molecule has 1 aromatic carbocycles. The van der Waals surface area contributed by atoms with Crippen molar-refractivity contribution in [1.29, 1.82) is 0 Å². The predicted molar refractivity (Wildman–Crippen MR) is 107 cm³/mol. The summed E-state index contributed by atoms with van der Waals surface area (Å²) < 4.78 is 40.8. The first kappa shape index (κ1) is 21.1. The molecule has 30 heavy (non-hydrogen) atoms. The quantitative estimate of drug-likeness (QED) is 0.664. The van der Waals surface area contributed by atoms with Gasteiger partial charge in [-0.2, -0.15) is 13.2 Å². The molecular weight excluding hydrogens is 397 g/mol. The van der Waals surface area contributed by atoms with Gasteiger partial charge >= 0.3 is 6.18 Å². The van der Waals surface area contributed by atoms with Gasteiger partial charge in [-0.3, -0.25) is 19.1 Å². The molecule has 0 aliphatic rings. The molecule has 0 aliphatic carbocycles. The number of alkyl halides is 3. The molecule has 2 aromatic heterocycles. The van der Waals surface area contributed by atoms with Gasteiger partial charge in [0.05, 0.1) is 29.1 Å². The minimum absolute atomic E-state index is 0.186. The molecule has 1 amide bonds. The number of carbonyl (C=O) groups excluding carboxylic acids is 1. The van der Waals surface area contributed by atoms with Crippen molar-refractivity contribution in [3.05, 3.63) is 88.1 Å². The Balaban J connectivity index is 1.87. The Morgan fingerprint density at radius 1 is 1.17 bits per heavy atom. The van der Waals surface area contributed by atoms with Crippen LogP contribution in [0.4, 0.5) is 18.9 Å². The van der Waals surface area contributed by atoms with Gasteiger partial charge < -0.3 is 10.6 Å². The third-order valence-electron chi connectivity index (χ3n) is 4.52. The molecule has 1 atom stereocenters. The summed E-state index contributed by atoms with van der Waals surface area (Å²) >= 11 is 0. The number of carbonyl (C=O) groups is 1. The molecule has 0 radical (unpaired) electrons. The van der Waals surface area contributed by atoms with Crippen molar-refractivity contribution in [3.8, 4) is 5.69 Å². The Labute approximate surface area is 170 Å². The number of pyridine rings is 2. The van der Waals surface area contributed by atoms with Crippen LogP contribution < -0.4 is 16.2 Å². The summed E-state index contributed by atoms with van der Waals surface area (Å²) in [6, 6.07) is 8.77. The second kappa shape index (κ2) is 8.40. The number of halogens is 3. The van der Waals surface area contributed by atoms with Crippen LogP contribution in [0, 0.1) is 0 Å². The Morgan fingerprint density at radius 3 is 2.57 bits per heavy atom. The number of hydrogen-bond acceptors (Lipinski definition) is 4. The number of rotatable bonds is 5. The van der Waals surface area contributed by atoms with E-state index in [1.54, 1.807) is 25.3 Å². The Morgan fingerprint density at radius 2 is 1.93 bits per heavy atom. The fourth-order valence-electron chi connectivity index (χ4n) is 2.89. The summed E-state index contributed by atoms with van der Waals surface area (Å²) in [4.78, 5) is 28.8. The van der Waals surface area contributed by atoms with Crippen molar-refractivity contribution in [2.75, 3.05) is 12.4 Å². The van der Waals surface area contributed by atoms with E-state index in [1.165, 1.54) is 42.2 Å². The van der Waals surface area contributed by atoms with E-state index in [1.807, 2.05) is 0 Å². The average molecular weight is 416 g/mol. The first-order valence-electron chi connectivity index (χ1n) is 9.03. The first-order chi connectivity index (χ1) is 14.2. The summed E-state index contributed by atoms with van der Waals surface area (Å²) in [5, 5.41) is 5.37. The van der Waals surface area contributed by atoms with E-state index in [-0.39, 0.29) is 16.8 Å². The number of nitrogens with zero attached hydrogens (tertiary/aromatic N) is 2. The van der Waals surface area contributed by atoms with Gasteiger partial charge in [-0.05, 0) is 48.9 Å². The summed E-state index contributed by atoms with van der Waals surface area (Å²) in [6.45, 7) is 1.59. The molecule has 2 N–H and O–H groups in total. The van der Waals surface area contributed by atoms with E-state index in [0.29, 0.717) is 11.3 Å². The van der Waals surface area contributed by atoms with Gasteiger partial charge in [0.25, 0.3) is 11.5 Å². The van der Waals surface area contributed by atoms with Gasteiger partial charge in [-0.15, -0.1) is 0 Å². The van der Waals surface area contributed by atoms with Crippen LogP contribution >= 0.6 is 0 Å². The zero-order valence-corrected chi connectivity index (χ0v) is 16.2. The van der Waals surface area contributed by atoms with Crippen molar-refractivity contribution in [3.63, 3.8) is 0 Å². The second-order valence-electron chi connectivity index (χ2n) is 6.62. The van der Waals surface area contributed by atoms with Gasteiger partial charge in [0.15, 0.2) is 0 Å². The van der Waals surface area contributed by atoms with E-state index in [9.17, 15) is 22.8 Å². The van der Waals surface area contributed by atoms with E-state index in [0.717, 1.165) is 12.1 Å². The second-order valence-corrected chi connectivity index (χ2v) is 6.62. The van der Waals surface area contributed by atoms with Gasteiger partial charge in [-0.25, -0.2) is 0 Å². The number of hydrogen-bond donors (Lipinski definition) is 2. The zero-order valence-electron chi connectivity index (χ0n) is 16.2. The summed E-state index contributed by atoms with van der Waals surface area (Å²) in [6.07, 6.45) is -0.105. The number of benzene rings is 1. The normalized spacial score (nSPS) is 12.3. The maximum Gasteiger partial charge on any atom is 0.416 e. The smallest absolute Gasteiger partial charge is 0.388 e. The molecule has 9 heteroatoms. The topological polar surface area (TPSA) is 76.0 Å². The number of anilines is 1. The highest BCUT2D eigenvalue weighted by Crippen LogP contribution is 2.33. The molecule has 0 saturated heterocycles. The fraction of sp³-hybridized carbons (Fsp3) is 0.190. The van der Waals surface area contributed by atoms with Crippen LogP contribution in [-0.2, 0) is 6.18 Å². The molecule has 0 spiro atoms. The lowest BCUT2D eigenvalue weighted by atomic mass is 10.0. The third-order valence-corrected chi connectivity index (χ3v) is 4.52. The van der Waals surface area contributed by atoms with Crippen molar-refractivity contribution >= 4 is 11.6 Å². The van der Waals surface area contributed by atoms with Crippen LogP contribution in [0.3, 0.4) is 0 Å². The maximum atomic E-state index is 13.2. The monoisotopic (exact) mass is 416 g/mol. The fourth-order valence-corrected chi connectivity index (χ4v) is 2.89. The molecular formula is C21H19F3N4O2. The molecule has 6 nitrogen and oxygen atoms in total. The Hall–Kier alpha value is -3.62. The van der Waals surface area contributed by atoms with E-state index in [4.69, 9.17) is 0 Å². The Bertz CT molecular complexity index is 1110. The van der Waals surface area contributed by atoms with Crippen LogP contribution in [0.15, 0.2) is 65.8 Å². The standard InChI is InChI=1S/C21H19F3N4O2/c1-13(15-8-16(21(22,23)24)10-17(9-15)25-2)27-20(30)14-5-6-19(29)28(12-14)18-4-3-7-26-11-18/h3-13,25H,1-2H3,(H,27,30)/t13-/m1/s1.